The molecule has 0 saturated heterocycles. The van der Waals surface area contributed by atoms with Gasteiger partial charge in [-0.1, -0.05) is 0 Å². The average molecular weight is 210 g/mol. The number of hydrogen-bond acceptors (Lipinski definition) is 5. The zero-order valence-electron chi connectivity index (χ0n) is 6.76. The second-order valence-electron chi connectivity index (χ2n) is 1.84. The summed E-state index contributed by atoms with van der Waals surface area (Å²) in [6.07, 6.45) is -2.61. The summed E-state index contributed by atoms with van der Waals surface area (Å²) in [7, 11) is 0. The average Bonchev–Trinajstić information content (AvgIpc) is 2.01. The van der Waals surface area contributed by atoms with Crippen LogP contribution in [0.3, 0.4) is 0 Å². The van der Waals surface area contributed by atoms with Gasteiger partial charge in [0.2, 0.25) is 0 Å². The molecule has 0 aromatic rings. The van der Waals surface area contributed by atoms with Crippen molar-refractivity contribution in [3.63, 3.8) is 0 Å². The minimum atomic E-state index is -1.30. The van der Waals surface area contributed by atoms with Crippen molar-refractivity contribution in [2.24, 2.45) is 0 Å². The molecule has 7 heteroatoms. The molecule has 0 aliphatic rings. The topological polar surface area (TPSA) is 93.1 Å². The molecule has 0 heterocycles. The molecular weight excluding hydrogens is 200 g/mol. The number of rotatable bonds is 6. The van der Waals surface area contributed by atoms with E-state index in [4.69, 9.17) is 10.2 Å². The van der Waals surface area contributed by atoms with Crippen LogP contribution in [0.1, 0.15) is 0 Å². The normalized spacial score (nSPS) is 9.23. The SMILES string of the molecule is O=C(O)OCCSCCOC(=O)O. The number of thioether (sulfide) groups is 1. The molecule has 0 rings (SSSR count). The Morgan fingerprint density at radius 1 is 1.00 bits per heavy atom. The van der Waals surface area contributed by atoms with Gasteiger partial charge in [0.25, 0.3) is 0 Å². The molecule has 0 aliphatic carbocycles. The molecule has 0 radical (unpaired) electrons. The van der Waals surface area contributed by atoms with Gasteiger partial charge in [-0.3, -0.25) is 0 Å². The molecule has 0 unspecified atom stereocenters. The molecule has 0 aromatic heterocycles. The standard InChI is InChI=1S/C6H10O6S/c7-5(8)11-1-3-13-4-2-12-6(9)10/h1-4H2,(H,7,8)(H,9,10). The first-order valence-electron chi connectivity index (χ1n) is 3.42. The summed E-state index contributed by atoms with van der Waals surface area (Å²) in [4.78, 5) is 19.7. The first kappa shape index (κ1) is 11.9. The highest BCUT2D eigenvalue weighted by Crippen LogP contribution is 1.99. The van der Waals surface area contributed by atoms with Gasteiger partial charge in [0.05, 0.1) is 0 Å². The van der Waals surface area contributed by atoms with Crippen molar-refractivity contribution in [2.45, 2.75) is 0 Å². The van der Waals surface area contributed by atoms with Gasteiger partial charge in [-0.2, -0.15) is 11.8 Å². The summed E-state index contributed by atoms with van der Waals surface area (Å²) in [6.45, 7) is 0.208. The predicted octanol–water partition coefficient (Wildman–Crippen LogP) is 1.11. The highest BCUT2D eigenvalue weighted by molar-refractivity contribution is 7.99. The Hall–Kier alpha value is -1.11. The molecule has 76 valence electrons. The fraction of sp³-hybridized carbons (Fsp3) is 0.667. The highest BCUT2D eigenvalue weighted by Gasteiger charge is 1.97. The second kappa shape index (κ2) is 7.53. The number of carbonyl (C=O) groups is 2. The van der Waals surface area contributed by atoms with Crippen LogP contribution in [0.15, 0.2) is 0 Å². The van der Waals surface area contributed by atoms with Crippen LogP contribution in [0.4, 0.5) is 9.59 Å². The van der Waals surface area contributed by atoms with Crippen molar-refractivity contribution < 1.29 is 29.3 Å². The molecule has 0 spiro atoms. The zero-order chi connectivity index (χ0) is 10.1. The Labute approximate surface area is 78.8 Å². The zero-order valence-corrected chi connectivity index (χ0v) is 7.58. The van der Waals surface area contributed by atoms with Gasteiger partial charge < -0.3 is 19.7 Å². The summed E-state index contributed by atoms with van der Waals surface area (Å²) < 4.78 is 8.42. The van der Waals surface area contributed by atoms with E-state index in [1.54, 1.807) is 0 Å². The van der Waals surface area contributed by atoms with E-state index in [2.05, 4.69) is 9.47 Å². The van der Waals surface area contributed by atoms with Crippen LogP contribution in [-0.4, -0.2) is 47.2 Å². The number of hydrogen-bond donors (Lipinski definition) is 2. The van der Waals surface area contributed by atoms with E-state index in [1.807, 2.05) is 0 Å². The molecule has 0 fully saturated rings. The van der Waals surface area contributed by atoms with Gasteiger partial charge in [-0.15, -0.1) is 0 Å². The van der Waals surface area contributed by atoms with Crippen LogP contribution >= 0.6 is 11.8 Å². The Bertz CT molecular complexity index is 153. The summed E-state index contributed by atoms with van der Waals surface area (Å²) in [6, 6.07) is 0. The van der Waals surface area contributed by atoms with Crippen LogP contribution in [0.5, 0.6) is 0 Å². The monoisotopic (exact) mass is 210 g/mol. The molecular formula is C6H10O6S. The molecule has 0 bridgehead atoms. The Morgan fingerprint density at radius 3 is 1.69 bits per heavy atom. The Balaban J connectivity index is 3.00. The number of ether oxygens (including phenoxy) is 2. The summed E-state index contributed by atoms with van der Waals surface area (Å²) in [5.74, 6) is 0.991. The first-order valence-corrected chi connectivity index (χ1v) is 4.57. The minimum Gasteiger partial charge on any atom is -0.450 e. The van der Waals surface area contributed by atoms with Gasteiger partial charge >= 0.3 is 12.3 Å². The van der Waals surface area contributed by atoms with Crippen molar-refractivity contribution in [1.29, 1.82) is 0 Å². The van der Waals surface area contributed by atoms with Gasteiger partial charge in [0.1, 0.15) is 13.2 Å². The maximum Gasteiger partial charge on any atom is 0.505 e. The van der Waals surface area contributed by atoms with Crippen LogP contribution in [0, 0.1) is 0 Å². The van der Waals surface area contributed by atoms with E-state index in [1.165, 1.54) is 11.8 Å². The molecule has 13 heavy (non-hydrogen) atoms. The lowest BCUT2D eigenvalue weighted by molar-refractivity contribution is 0.0972. The van der Waals surface area contributed by atoms with Crippen molar-refractivity contribution in [2.75, 3.05) is 24.7 Å². The van der Waals surface area contributed by atoms with E-state index >= 15 is 0 Å². The smallest absolute Gasteiger partial charge is 0.450 e. The lowest BCUT2D eigenvalue weighted by Gasteiger charge is -2.00. The Kier molecular flexibility index (Phi) is 6.89. The lowest BCUT2D eigenvalue weighted by Crippen LogP contribution is -2.07. The van der Waals surface area contributed by atoms with Crippen LogP contribution in [-0.2, 0) is 9.47 Å². The first-order chi connectivity index (χ1) is 6.13. The van der Waals surface area contributed by atoms with Crippen molar-refractivity contribution >= 4 is 24.1 Å². The van der Waals surface area contributed by atoms with Crippen LogP contribution in [0.25, 0.3) is 0 Å². The second-order valence-corrected chi connectivity index (χ2v) is 3.07. The maximum atomic E-state index is 9.84. The quantitative estimate of drug-likeness (QED) is 0.501. The number of carboxylic acid groups (broad SMARTS) is 2. The summed E-state index contributed by atoms with van der Waals surface area (Å²) in [5, 5.41) is 16.1. The van der Waals surface area contributed by atoms with Gasteiger partial charge in [0.15, 0.2) is 0 Å². The molecule has 0 aromatic carbocycles. The van der Waals surface area contributed by atoms with E-state index < -0.39 is 12.3 Å². The molecule has 0 amide bonds. The molecule has 0 aliphatic heterocycles. The van der Waals surface area contributed by atoms with Crippen LogP contribution < -0.4 is 0 Å². The summed E-state index contributed by atoms with van der Waals surface area (Å²) in [5.41, 5.74) is 0. The van der Waals surface area contributed by atoms with E-state index in [9.17, 15) is 9.59 Å². The molecule has 0 atom stereocenters. The lowest BCUT2D eigenvalue weighted by atomic mass is 10.8. The fourth-order valence-corrected chi connectivity index (χ4v) is 1.08. The van der Waals surface area contributed by atoms with E-state index in [0.717, 1.165) is 0 Å². The molecule has 2 N–H and O–H groups in total. The third kappa shape index (κ3) is 10.9. The third-order valence-electron chi connectivity index (χ3n) is 0.906. The van der Waals surface area contributed by atoms with Crippen molar-refractivity contribution in [1.82, 2.24) is 0 Å². The van der Waals surface area contributed by atoms with Crippen molar-refractivity contribution in [3.8, 4) is 0 Å². The summed E-state index contributed by atoms with van der Waals surface area (Å²) >= 11 is 1.36. The predicted molar refractivity (Wildman–Crippen MR) is 45.3 cm³/mol. The molecule has 0 saturated carbocycles. The van der Waals surface area contributed by atoms with E-state index in [-0.39, 0.29) is 13.2 Å². The highest BCUT2D eigenvalue weighted by atomic mass is 32.2. The van der Waals surface area contributed by atoms with Gasteiger partial charge in [0, 0.05) is 11.5 Å². The van der Waals surface area contributed by atoms with Gasteiger partial charge in [-0.05, 0) is 0 Å². The Morgan fingerprint density at radius 2 is 1.38 bits per heavy atom. The fourth-order valence-electron chi connectivity index (χ4n) is 0.478. The van der Waals surface area contributed by atoms with Crippen molar-refractivity contribution in [3.05, 3.63) is 0 Å². The minimum absolute atomic E-state index is 0.104. The van der Waals surface area contributed by atoms with Gasteiger partial charge in [-0.25, -0.2) is 9.59 Å². The third-order valence-corrected chi connectivity index (χ3v) is 1.82. The maximum absolute atomic E-state index is 9.84. The largest absolute Gasteiger partial charge is 0.505 e. The van der Waals surface area contributed by atoms with E-state index in [0.29, 0.717) is 11.5 Å². The van der Waals surface area contributed by atoms with Crippen LogP contribution in [0.2, 0.25) is 0 Å². The molecule has 6 nitrogen and oxygen atoms in total.